The Morgan fingerprint density at radius 2 is 0.353 bits per heavy atom. The van der Waals surface area contributed by atoms with E-state index in [0.29, 0.717) is 37.5 Å². The third-order valence-electron chi connectivity index (χ3n) is 16.3. The molecule has 13 rings (SSSR count). The number of esters is 16. The molecule has 5 saturated carbocycles. The highest BCUT2D eigenvalue weighted by Gasteiger charge is 2.73. The van der Waals surface area contributed by atoms with Gasteiger partial charge in [-0.05, 0) is 76.0 Å². The van der Waals surface area contributed by atoms with Gasteiger partial charge in [0.1, 0.15) is 0 Å². The van der Waals surface area contributed by atoms with Crippen LogP contribution in [0.2, 0.25) is 0 Å². The summed E-state index contributed by atoms with van der Waals surface area (Å²) in [4.78, 5) is 182. The minimum atomic E-state index is -0.786. The van der Waals surface area contributed by atoms with Gasteiger partial charge in [0.15, 0.2) is 0 Å². The maximum atomic E-state index is 11.8. The molecule has 0 aromatic heterocycles. The highest BCUT2D eigenvalue weighted by molar-refractivity contribution is 6.10. The van der Waals surface area contributed by atoms with Crippen molar-refractivity contribution in [3.05, 3.63) is 0 Å². The van der Waals surface area contributed by atoms with Crippen LogP contribution in [0, 0.1) is 107 Å². The number of fused-ring (bicyclic) bond motifs is 10. The van der Waals surface area contributed by atoms with Crippen molar-refractivity contribution in [3.8, 4) is 0 Å². The molecule has 24 nitrogen and oxygen atoms in total. The summed E-state index contributed by atoms with van der Waals surface area (Å²) in [6.07, 6.45) is 5.22. The predicted molar refractivity (Wildman–Crippen MR) is 198 cm³/mol. The molecule has 6 unspecified atom stereocenters. The molecule has 8 aliphatic heterocycles. The zero-order valence-corrected chi connectivity index (χ0v) is 35.3. The summed E-state index contributed by atoms with van der Waals surface area (Å²) in [5.74, 6) is -17.3. The van der Waals surface area contributed by atoms with Gasteiger partial charge < -0.3 is 37.9 Å². The molecule has 0 spiro atoms. The molecule has 358 valence electrons. The van der Waals surface area contributed by atoms with Crippen molar-refractivity contribution < 1.29 is 115 Å². The van der Waals surface area contributed by atoms with Crippen molar-refractivity contribution in [3.63, 3.8) is 0 Å². The van der Waals surface area contributed by atoms with Crippen molar-refractivity contribution >= 4 is 95.5 Å². The maximum absolute atomic E-state index is 11.8. The van der Waals surface area contributed by atoms with Gasteiger partial charge in [0.2, 0.25) is 0 Å². The Bertz CT molecular complexity index is 2120. The van der Waals surface area contributed by atoms with E-state index in [0.717, 1.165) is 12.8 Å². The van der Waals surface area contributed by atoms with E-state index in [4.69, 9.17) is 9.47 Å². The topological polar surface area (TPSA) is 347 Å². The standard InChI is InChI=1S/C16H18O6.2C10H8O6.C8H4O6/c17-13-9-3-1-7(5-11(9)15(19)21-13)8-2-4-10-12(6-8)16(20)22-14(10)18;2*11-7-3-1-4-6(10(14)16-8(4)12)2-5(3)9(13)15-7;9-5-1-2(6(10)13-5)4-3(1)7(11)14-8(4)12/h7-12H,1-6H2;2*3-6H,1-2H2;1-4H/t;3-,4+,5-,6+;3-,4-,5+,6+;. The van der Waals surface area contributed by atoms with Crippen molar-refractivity contribution in [2.45, 2.75) is 64.2 Å². The monoisotopic (exact) mass is 950 g/mol. The van der Waals surface area contributed by atoms with Crippen molar-refractivity contribution in [1.29, 1.82) is 0 Å². The van der Waals surface area contributed by atoms with Gasteiger partial charge in [-0.2, -0.15) is 0 Å². The van der Waals surface area contributed by atoms with E-state index < -0.39 is 143 Å². The van der Waals surface area contributed by atoms with Gasteiger partial charge in [-0.1, -0.05) is 0 Å². The van der Waals surface area contributed by atoms with Crippen LogP contribution in [0.15, 0.2) is 0 Å². The molecule has 68 heavy (non-hydrogen) atoms. The van der Waals surface area contributed by atoms with Crippen LogP contribution in [0.1, 0.15) is 64.2 Å². The summed E-state index contributed by atoms with van der Waals surface area (Å²) in [6.45, 7) is 0. The fourth-order valence-corrected chi connectivity index (χ4v) is 12.7. The lowest BCUT2D eigenvalue weighted by Crippen LogP contribution is -2.50. The molecule has 0 aromatic rings. The number of carbonyl (C=O) groups excluding carboxylic acids is 16. The second kappa shape index (κ2) is 16.4. The van der Waals surface area contributed by atoms with E-state index in [1.807, 2.05) is 0 Å². The summed E-state index contributed by atoms with van der Waals surface area (Å²) in [6, 6.07) is 0. The van der Waals surface area contributed by atoms with Gasteiger partial charge in [0, 0.05) is 0 Å². The highest BCUT2D eigenvalue weighted by atomic mass is 16.6. The molecule has 0 amide bonds. The van der Waals surface area contributed by atoms with E-state index in [1.165, 1.54) is 0 Å². The van der Waals surface area contributed by atoms with Gasteiger partial charge in [0.25, 0.3) is 0 Å². The Labute approximate surface area is 380 Å². The quantitative estimate of drug-likeness (QED) is 0.167. The fraction of sp³-hybridized carbons (Fsp3) is 0.636. The average Bonchev–Trinajstić information content (AvgIpc) is 4.13. The number of rotatable bonds is 1. The summed E-state index contributed by atoms with van der Waals surface area (Å²) in [5.41, 5.74) is 0. The molecule has 0 radical (unpaired) electrons. The van der Waals surface area contributed by atoms with Crippen molar-refractivity contribution in [2.24, 2.45) is 107 Å². The first-order chi connectivity index (χ1) is 32.3. The van der Waals surface area contributed by atoms with Crippen LogP contribution in [0.25, 0.3) is 0 Å². The highest BCUT2D eigenvalue weighted by Crippen LogP contribution is 2.55. The molecule has 0 N–H and O–H groups in total. The van der Waals surface area contributed by atoms with Crippen LogP contribution in [-0.2, 0) is 115 Å². The summed E-state index contributed by atoms with van der Waals surface area (Å²) < 4.78 is 36.2. The molecule has 13 aliphatic rings. The van der Waals surface area contributed by atoms with Gasteiger partial charge >= 0.3 is 95.5 Å². The Morgan fingerprint density at radius 1 is 0.191 bits per heavy atom. The summed E-state index contributed by atoms with van der Waals surface area (Å²) in [7, 11) is 0. The van der Waals surface area contributed by atoms with Gasteiger partial charge in [-0.25, -0.2) is 0 Å². The van der Waals surface area contributed by atoms with Gasteiger partial charge in [-0.3, -0.25) is 76.7 Å². The molecular formula is C44H38O24. The summed E-state index contributed by atoms with van der Waals surface area (Å²) in [5, 5.41) is 0. The number of ether oxygens (including phenoxy) is 8. The minimum Gasteiger partial charge on any atom is -0.393 e. The Hall–Kier alpha value is -6.88. The van der Waals surface area contributed by atoms with Crippen LogP contribution in [0.4, 0.5) is 0 Å². The number of carbonyl (C=O) groups is 16. The van der Waals surface area contributed by atoms with E-state index in [9.17, 15) is 76.7 Å². The van der Waals surface area contributed by atoms with Crippen molar-refractivity contribution in [1.82, 2.24) is 0 Å². The molecule has 0 bridgehead atoms. The Balaban J connectivity index is 0.000000107. The third-order valence-corrected chi connectivity index (χ3v) is 16.3. The van der Waals surface area contributed by atoms with Gasteiger partial charge in [0.05, 0.1) is 94.7 Å². The Morgan fingerprint density at radius 3 is 0.559 bits per heavy atom. The molecular weight excluding hydrogens is 912 g/mol. The van der Waals surface area contributed by atoms with E-state index in [2.05, 4.69) is 28.4 Å². The third kappa shape index (κ3) is 7.15. The molecule has 24 heteroatoms. The van der Waals surface area contributed by atoms with Crippen LogP contribution in [0.3, 0.4) is 0 Å². The minimum absolute atomic E-state index is 0.185. The largest absolute Gasteiger partial charge is 0.393 e. The first-order valence-corrected chi connectivity index (χ1v) is 22.3. The number of cyclic esters (lactones) is 16. The first kappa shape index (κ1) is 44.9. The normalized spacial score (nSPS) is 42.9. The Kier molecular flexibility index (Phi) is 10.9. The molecule has 13 fully saturated rings. The van der Waals surface area contributed by atoms with Gasteiger partial charge in [-0.15, -0.1) is 0 Å². The fourth-order valence-electron chi connectivity index (χ4n) is 12.7. The molecule has 8 heterocycles. The van der Waals surface area contributed by atoms with E-state index in [1.54, 1.807) is 0 Å². The van der Waals surface area contributed by atoms with E-state index in [-0.39, 0.29) is 73.2 Å². The second-order valence-corrected chi connectivity index (χ2v) is 19.4. The van der Waals surface area contributed by atoms with E-state index >= 15 is 0 Å². The van der Waals surface area contributed by atoms with Crippen LogP contribution < -0.4 is 0 Å². The smallest absolute Gasteiger partial charge is 0.318 e. The lowest BCUT2D eigenvalue weighted by atomic mass is 9.59. The number of hydrogen-bond donors (Lipinski definition) is 0. The van der Waals surface area contributed by atoms with Crippen LogP contribution >= 0.6 is 0 Å². The SMILES string of the molecule is O=C1OC(=O)C2C1C1C(=O)OC(=O)C21.O=C1OC(=O)C2CC(C3CCC4C(=O)OC(=O)C4C3)CCC12.O=C1OC(=O)[C@@H]2C[C@H]3C(=O)OC(=O)[C@H]3C[C@H]12.O=C1OC(=O)[C@H]2C[C@H]3C(=O)OC(=O)[C@@H]3C[C@H]12. The second-order valence-electron chi connectivity index (χ2n) is 19.4. The zero-order valence-electron chi connectivity index (χ0n) is 35.3. The summed E-state index contributed by atoms with van der Waals surface area (Å²) >= 11 is 0. The first-order valence-electron chi connectivity index (χ1n) is 22.3. The van der Waals surface area contributed by atoms with Crippen LogP contribution in [0.5, 0.6) is 0 Å². The van der Waals surface area contributed by atoms with Crippen LogP contribution in [-0.4, -0.2) is 95.5 Å². The molecule has 14 atom stereocenters. The zero-order chi connectivity index (χ0) is 48.4. The number of hydrogen-bond acceptors (Lipinski definition) is 24. The lowest BCUT2D eigenvalue weighted by molar-refractivity contribution is -0.158. The lowest BCUT2D eigenvalue weighted by Gasteiger charge is -2.37. The molecule has 5 aliphatic carbocycles. The van der Waals surface area contributed by atoms with Crippen molar-refractivity contribution in [2.75, 3.05) is 0 Å². The molecule has 0 aromatic carbocycles. The molecule has 8 saturated heterocycles. The predicted octanol–water partition coefficient (Wildman–Crippen LogP) is -1.33. The maximum Gasteiger partial charge on any atom is 0.318 e. The average molecular weight is 951 g/mol.